The van der Waals surface area contributed by atoms with Gasteiger partial charge in [0.05, 0.1) is 18.1 Å². The molecule has 3 aliphatic carbocycles. The molecule has 0 spiro atoms. The van der Waals surface area contributed by atoms with Crippen molar-refractivity contribution in [3.8, 4) is 0 Å². The van der Waals surface area contributed by atoms with Crippen molar-refractivity contribution in [2.24, 2.45) is 16.9 Å². The van der Waals surface area contributed by atoms with Crippen LogP contribution in [0.4, 0.5) is 0 Å². The van der Waals surface area contributed by atoms with Crippen molar-refractivity contribution >= 4 is 40.5 Å². The molecule has 5 nitrogen and oxygen atoms in total. The largest absolute Gasteiger partial charge is 0.342 e. The Labute approximate surface area is 236 Å². The highest BCUT2D eigenvalue weighted by Gasteiger charge is 2.61. The number of rotatable bonds is 4. The molecular weight excluding hydrogens is 518 g/mol. The maximum atomic E-state index is 13.9. The standard InChI is InChI=1S/C34H24ClN3O2/c35-27-15-7-1-9-20(27)18-37-19-21(22-10-6-8-16-28(22)37)17-36-38-33(39)31-29-23-11-2-3-12-24(23)30(32(31)34(38)40)26-14-5-4-13-25(26)29/h1-17,19,29-32H,18H2/b36-17-/t29?,30?,31-,32-/m1/s1. The van der Waals surface area contributed by atoms with Gasteiger partial charge in [0.15, 0.2) is 0 Å². The van der Waals surface area contributed by atoms with Crippen LogP contribution in [0.15, 0.2) is 108 Å². The third kappa shape index (κ3) is 3.24. The molecule has 0 N–H and O–H groups in total. The van der Waals surface area contributed by atoms with Crippen LogP contribution in [0, 0.1) is 11.8 Å². The van der Waals surface area contributed by atoms with E-state index in [9.17, 15) is 9.59 Å². The number of carbonyl (C=O) groups excluding carboxylic acids is 2. The molecule has 194 valence electrons. The van der Waals surface area contributed by atoms with Crippen LogP contribution < -0.4 is 0 Å². The van der Waals surface area contributed by atoms with E-state index < -0.39 is 11.8 Å². The summed E-state index contributed by atoms with van der Waals surface area (Å²) < 4.78 is 2.12. The van der Waals surface area contributed by atoms with Crippen molar-refractivity contribution < 1.29 is 9.59 Å². The maximum Gasteiger partial charge on any atom is 0.254 e. The van der Waals surface area contributed by atoms with E-state index in [2.05, 4.69) is 40.0 Å². The van der Waals surface area contributed by atoms with Gasteiger partial charge in [-0.25, -0.2) is 0 Å². The Morgan fingerprint density at radius 2 is 1.23 bits per heavy atom. The van der Waals surface area contributed by atoms with Gasteiger partial charge in [-0.1, -0.05) is 96.5 Å². The summed E-state index contributed by atoms with van der Waals surface area (Å²) >= 11 is 6.45. The molecule has 1 aliphatic heterocycles. The highest BCUT2D eigenvalue weighted by atomic mass is 35.5. The van der Waals surface area contributed by atoms with Crippen molar-refractivity contribution in [1.29, 1.82) is 0 Å². The Hall–Kier alpha value is -4.48. The number of hydrogen-bond donors (Lipinski definition) is 0. The number of aromatic nitrogens is 1. The second-order valence-electron chi connectivity index (χ2n) is 10.8. The van der Waals surface area contributed by atoms with Crippen molar-refractivity contribution in [3.05, 3.63) is 142 Å². The van der Waals surface area contributed by atoms with E-state index >= 15 is 0 Å². The molecule has 4 aromatic carbocycles. The summed E-state index contributed by atoms with van der Waals surface area (Å²) in [6, 6.07) is 32.4. The van der Waals surface area contributed by atoms with Gasteiger partial charge in [-0.15, -0.1) is 0 Å². The molecular formula is C34H24ClN3O2. The van der Waals surface area contributed by atoms with Crippen molar-refractivity contribution in [1.82, 2.24) is 9.58 Å². The third-order valence-electron chi connectivity index (χ3n) is 8.86. The SMILES string of the molecule is O=C1[C@@H]2C3c4ccccc4C(c4ccccc43)[C@H]2C(=O)N1/N=C\c1cn(Cc2ccccc2Cl)c2ccccc12. The second kappa shape index (κ2) is 8.77. The maximum absolute atomic E-state index is 13.9. The molecule has 2 heterocycles. The first kappa shape index (κ1) is 23.4. The molecule has 6 heteroatoms. The van der Waals surface area contributed by atoms with Crippen molar-refractivity contribution in [2.45, 2.75) is 18.4 Å². The van der Waals surface area contributed by atoms with Gasteiger partial charge in [0.2, 0.25) is 0 Å². The number of carbonyl (C=O) groups is 2. The second-order valence-corrected chi connectivity index (χ2v) is 11.2. The summed E-state index contributed by atoms with van der Waals surface area (Å²) in [5.41, 5.74) is 7.50. The van der Waals surface area contributed by atoms with Crippen molar-refractivity contribution in [2.75, 3.05) is 0 Å². The Balaban J connectivity index is 1.17. The van der Waals surface area contributed by atoms with Crippen LogP contribution >= 0.6 is 11.6 Å². The monoisotopic (exact) mass is 541 g/mol. The number of hydrazone groups is 1. The van der Waals surface area contributed by atoms with E-state index in [-0.39, 0.29) is 23.7 Å². The fourth-order valence-electron chi connectivity index (χ4n) is 7.21. The van der Waals surface area contributed by atoms with E-state index in [4.69, 9.17) is 11.6 Å². The fourth-order valence-corrected chi connectivity index (χ4v) is 7.41. The molecule has 0 saturated carbocycles. The Kier molecular flexibility index (Phi) is 5.13. The summed E-state index contributed by atoms with van der Waals surface area (Å²) in [6.45, 7) is 0.597. The molecule has 4 aliphatic rings. The van der Waals surface area contributed by atoms with Gasteiger partial charge in [-0.3, -0.25) is 9.59 Å². The average Bonchev–Trinajstić information content (AvgIpc) is 3.47. The number of benzene rings is 4. The lowest BCUT2D eigenvalue weighted by Crippen LogP contribution is -2.41. The number of fused-ring (bicyclic) bond motifs is 1. The smallest absolute Gasteiger partial charge is 0.254 e. The molecule has 1 saturated heterocycles. The van der Waals surface area contributed by atoms with Gasteiger partial charge in [0.1, 0.15) is 0 Å². The molecule has 2 bridgehead atoms. The van der Waals surface area contributed by atoms with E-state index in [1.54, 1.807) is 6.21 Å². The number of imide groups is 1. The van der Waals surface area contributed by atoms with E-state index in [0.717, 1.165) is 49.3 Å². The average molecular weight is 542 g/mol. The van der Waals surface area contributed by atoms with Crippen LogP contribution in [0.5, 0.6) is 0 Å². The van der Waals surface area contributed by atoms with Crippen LogP contribution in [-0.2, 0) is 16.1 Å². The number of halogens is 1. The van der Waals surface area contributed by atoms with Crippen molar-refractivity contribution in [3.63, 3.8) is 0 Å². The minimum Gasteiger partial charge on any atom is -0.342 e. The lowest BCUT2D eigenvalue weighted by Gasteiger charge is -2.45. The first-order valence-electron chi connectivity index (χ1n) is 13.5. The molecule has 5 aromatic rings. The highest BCUT2D eigenvalue weighted by molar-refractivity contribution is 6.31. The molecule has 1 aromatic heterocycles. The minimum atomic E-state index is -0.444. The van der Waals surface area contributed by atoms with E-state index in [1.807, 2.05) is 72.9 Å². The Morgan fingerprint density at radius 1 is 0.700 bits per heavy atom. The molecule has 2 amide bonds. The predicted octanol–water partition coefficient (Wildman–Crippen LogP) is 6.57. The van der Waals surface area contributed by atoms with Gasteiger partial charge < -0.3 is 4.57 Å². The third-order valence-corrected chi connectivity index (χ3v) is 9.22. The number of hydrogen-bond acceptors (Lipinski definition) is 3. The number of para-hydroxylation sites is 1. The molecule has 0 radical (unpaired) electrons. The van der Waals surface area contributed by atoms with Crippen LogP contribution in [0.3, 0.4) is 0 Å². The first-order chi connectivity index (χ1) is 19.6. The van der Waals surface area contributed by atoms with E-state index in [0.29, 0.717) is 11.6 Å². The van der Waals surface area contributed by atoms with Crippen LogP contribution in [-0.4, -0.2) is 27.6 Å². The number of nitrogens with zero attached hydrogens (tertiary/aromatic N) is 3. The summed E-state index contributed by atoms with van der Waals surface area (Å²) in [5, 5.41) is 7.40. The highest BCUT2D eigenvalue weighted by Crippen LogP contribution is 2.60. The number of amides is 2. The lowest BCUT2D eigenvalue weighted by atomic mass is 9.55. The summed E-state index contributed by atoms with van der Waals surface area (Å²) in [7, 11) is 0. The molecule has 40 heavy (non-hydrogen) atoms. The zero-order valence-corrected chi connectivity index (χ0v) is 22.2. The minimum absolute atomic E-state index is 0.142. The summed E-state index contributed by atoms with van der Waals surface area (Å²) in [6.07, 6.45) is 3.66. The molecule has 1 fully saturated rings. The molecule has 9 rings (SSSR count). The first-order valence-corrected chi connectivity index (χ1v) is 13.9. The van der Waals surface area contributed by atoms with Crippen LogP contribution in [0.1, 0.15) is 45.2 Å². The molecule has 0 unspecified atom stereocenters. The predicted molar refractivity (Wildman–Crippen MR) is 155 cm³/mol. The van der Waals surface area contributed by atoms with Crippen LogP contribution in [0.2, 0.25) is 5.02 Å². The van der Waals surface area contributed by atoms with E-state index in [1.165, 1.54) is 0 Å². The fraction of sp³-hybridized carbons (Fsp3) is 0.147. The van der Waals surface area contributed by atoms with Gasteiger partial charge in [0, 0.05) is 46.1 Å². The topological polar surface area (TPSA) is 54.7 Å². The normalized spacial score (nSPS) is 22.7. The lowest BCUT2D eigenvalue weighted by molar-refractivity contribution is -0.139. The zero-order valence-electron chi connectivity index (χ0n) is 21.4. The Morgan fingerprint density at radius 3 is 1.82 bits per heavy atom. The zero-order chi connectivity index (χ0) is 27.0. The van der Waals surface area contributed by atoms with Gasteiger partial charge >= 0.3 is 0 Å². The van der Waals surface area contributed by atoms with Crippen LogP contribution in [0.25, 0.3) is 10.9 Å². The summed E-state index contributed by atoms with van der Waals surface area (Å²) in [4.78, 5) is 27.8. The molecule has 2 atom stereocenters. The quantitative estimate of drug-likeness (QED) is 0.191. The summed E-state index contributed by atoms with van der Waals surface area (Å²) in [5.74, 6) is -1.61. The van der Waals surface area contributed by atoms with Gasteiger partial charge in [-0.05, 0) is 39.9 Å². The van der Waals surface area contributed by atoms with Gasteiger partial charge in [-0.2, -0.15) is 10.1 Å². The Bertz CT molecular complexity index is 1770. The van der Waals surface area contributed by atoms with Gasteiger partial charge in [0.25, 0.3) is 11.8 Å².